The summed E-state index contributed by atoms with van der Waals surface area (Å²) in [5.41, 5.74) is 0. The van der Waals surface area contributed by atoms with Gasteiger partial charge in [0.05, 0.1) is 6.54 Å². The van der Waals surface area contributed by atoms with E-state index in [1.807, 2.05) is 18.7 Å². The van der Waals surface area contributed by atoms with Crippen molar-refractivity contribution in [1.82, 2.24) is 20.1 Å². The Morgan fingerprint density at radius 3 is 2.82 bits per heavy atom. The van der Waals surface area contributed by atoms with Gasteiger partial charge in [0.25, 0.3) is 5.92 Å². The van der Waals surface area contributed by atoms with Gasteiger partial charge >= 0.3 is 0 Å². The van der Waals surface area contributed by atoms with E-state index in [0.717, 1.165) is 11.0 Å². The zero-order chi connectivity index (χ0) is 12.5. The van der Waals surface area contributed by atoms with E-state index in [-0.39, 0.29) is 6.42 Å². The Morgan fingerprint density at radius 2 is 2.24 bits per heavy atom. The Labute approximate surface area is 103 Å². The van der Waals surface area contributed by atoms with Crippen LogP contribution < -0.4 is 5.32 Å². The number of alkyl halides is 2. The molecule has 2 rings (SSSR count). The fourth-order valence-corrected chi connectivity index (χ4v) is 2.64. The first-order valence-corrected chi connectivity index (χ1v) is 6.56. The predicted molar refractivity (Wildman–Crippen MR) is 62.2 cm³/mol. The molecule has 1 aromatic rings. The van der Waals surface area contributed by atoms with Crippen LogP contribution in [0.1, 0.15) is 18.7 Å². The van der Waals surface area contributed by atoms with E-state index < -0.39 is 11.8 Å². The van der Waals surface area contributed by atoms with Crippen molar-refractivity contribution < 1.29 is 8.78 Å². The number of nitrogens with one attached hydrogen (secondary N) is 1. The van der Waals surface area contributed by atoms with E-state index >= 15 is 0 Å². The lowest BCUT2D eigenvalue weighted by Gasteiger charge is -2.03. The molecule has 1 N–H and O–H groups in total. The van der Waals surface area contributed by atoms with Gasteiger partial charge in [-0.2, -0.15) is 0 Å². The molecule has 0 saturated heterocycles. The van der Waals surface area contributed by atoms with E-state index in [9.17, 15) is 8.78 Å². The molecule has 0 amide bonds. The number of nitrogens with zero attached hydrogens (tertiary/aromatic N) is 3. The maximum absolute atomic E-state index is 12.7. The maximum Gasteiger partial charge on any atom is 0.251 e. The van der Waals surface area contributed by atoms with Gasteiger partial charge in [0.2, 0.25) is 0 Å². The van der Waals surface area contributed by atoms with E-state index in [2.05, 4.69) is 15.5 Å². The highest BCUT2D eigenvalue weighted by Crippen LogP contribution is 2.51. The second-order valence-corrected chi connectivity index (χ2v) is 5.35. The topological polar surface area (TPSA) is 42.7 Å². The molecular formula is C10H16F2N4S. The quantitative estimate of drug-likeness (QED) is 0.792. The van der Waals surface area contributed by atoms with Crippen LogP contribution in [0.5, 0.6) is 0 Å². The summed E-state index contributed by atoms with van der Waals surface area (Å²) in [5.74, 6) is -1.30. The van der Waals surface area contributed by atoms with Gasteiger partial charge in [-0.15, -0.1) is 10.2 Å². The standard InChI is InChI=1S/C10H16F2N4S/c1-13-6-8-14-15-9(16(8)2)17-4-3-7-5-10(7,11)12/h7,13H,3-6H2,1-2H3/t7-/m1/s1. The van der Waals surface area contributed by atoms with Crippen LogP contribution in [-0.2, 0) is 13.6 Å². The fraction of sp³-hybridized carbons (Fsp3) is 0.800. The Balaban J connectivity index is 1.79. The molecule has 0 unspecified atom stereocenters. The monoisotopic (exact) mass is 262 g/mol. The second-order valence-electron chi connectivity index (χ2n) is 4.29. The smallest absolute Gasteiger partial charge is 0.251 e. The summed E-state index contributed by atoms with van der Waals surface area (Å²) in [4.78, 5) is 0. The summed E-state index contributed by atoms with van der Waals surface area (Å²) in [6.07, 6.45) is 0.600. The molecule has 0 bridgehead atoms. The van der Waals surface area contributed by atoms with Crippen LogP contribution in [0.2, 0.25) is 0 Å². The van der Waals surface area contributed by atoms with E-state index in [1.54, 1.807) is 0 Å². The number of hydrogen-bond donors (Lipinski definition) is 1. The predicted octanol–water partition coefficient (Wildman–Crippen LogP) is 1.67. The second kappa shape index (κ2) is 4.89. The number of rotatable bonds is 6. The van der Waals surface area contributed by atoms with Gasteiger partial charge in [0, 0.05) is 25.1 Å². The lowest BCUT2D eigenvalue weighted by atomic mass is 10.3. The number of thioether (sulfide) groups is 1. The first-order chi connectivity index (χ1) is 8.04. The molecule has 0 aromatic carbocycles. The molecule has 1 atom stereocenters. The molecule has 0 spiro atoms. The van der Waals surface area contributed by atoms with Gasteiger partial charge in [0.1, 0.15) is 5.82 Å². The van der Waals surface area contributed by atoms with Crippen LogP contribution in [0.25, 0.3) is 0 Å². The van der Waals surface area contributed by atoms with Gasteiger partial charge in [-0.05, 0) is 13.5 Å². The first-order valence-electron chi connectivity index (χ1n) is 5.58. The van der Waals surface area contributed by atoms with Gasteiger partial charge in [0.15, 0.2) is 5.16 Å². The van der Waals surface area contributed by atoms with E-state index in [0.29, 0.717) is 18.7 Å². The van der Waals surface area contributed by atoms with Crippen molar-refractivity contribution in [2.24, 2.45) is 13.0 Å². The largest absolute Gasteiger partial charge is 0.313 e. The Kier molecular flexibility index (Phi) is 3.67. The van der Waals surface area contributed by atoms with Crippen molar-refractivity contribution in [2.45, 2.75) is 30.5 Å². The normalized spacial score (nSPS) is 21.8. The van der Waals surface area contributed by atoms with E-state index in [4.69, 9.17) is 0 Å². The number of hydrogen-bond acceptors (Lipinski definition) is 4. The Morgan fingerprint density at radius 1 is 1.53 bits per heavy atom. The highest BCUT2D eigenvalue weighted by Gasteiger charge is 2.55. The third-order valence-corrected chi connectivity index (χ3v) is 3.97. The van der Waals surface area contributed by atoms with Crippen LogP contribution in [-0.4, -0.2) is 33.5 Å². The van der Waals surface area contributed by atoms with Gasteiger partial charge in [-0.1, -0.05) is 11.8 Å². The van der Waals surface area contributed by atoms with Crippen molar-refractivity contribution in [3.63, 3.8) is 0 Å². The Hall–Kier alpha value is -0.690. The van der Waals surface area contributed by atoms with Gasteiger partial charge in [-0.3, -0.25) is 0 Å². The minimum atomic E-state index is -2.41. The van der Waals surface area contributed by atoms with Crippen molar-refractivity contribution >= 4 is 11.8 Å². The highest BCUT2D eigenvalue weighted by atomic mass is 32.2. The molecular weight excluding hydrogens is 246 g/mol. The molecule has 7 heteroatoms. The van der Waals surface area contributed by atoms with Crippen LogP contribution in [0, 0.1) is 5.92 Å². The van der Waals surface area contributed by atoms with Gasteiger partial charge < -0.3 is 9.88 Å². The minimum Gasteiger partial charge on any atom is -0.313 e. The molecule has 1 aromatic heterocycles. The number of aromatic nitrogens is 3. The maximum atomic E-state index is 12.7. The van der Waals surface area contributed by atoms with Crippen LogP contribution in [0.4, 0.5) is 8.78 Å². The van der Waals surface area contributed by atoms with Gasteiger partial charge in [-0.25, -0.2) is 8.78 Å². The fourth-order valence-electron chi connectivity index (χ4n) is 1.66. The molecule has 1 aliphatic carbocycles. The lowest BCUT2D eigenvalue weighted by molar-refractivity contribution is 0.0983. The molecule has 1 aliphatic rings. The molecule has 1 fully saturated rings. The molecule has 96 valence electrons. The molecule has 17 heavy (non-hydrogen) atoms. The lowest BCUT2D eigenvalue weighted by Crippen LogP contribution is -2.10. The third-order valence-electron chi connectivity index (χ3n) is 2.91. The van der Waals surface area contributed by atoms with Crippen molar-refractivity contribution in [2.75, 3.05) is 12.8 Å². The van der Waals surface area contributed by atoms with Crippen molar-refractivity contribution in [1.29, 1.82) is 0 Å². The summed E-state index contributed by atoms with van der Waals surface area (Å²) in [7, 11) is 3.73. The first kappa shape index (κ1) is 12.8. The summed E-state index contributed by atoms with van der Waals surface area (Å²) in [5, 5.41) is 11.9. The molecule has 0 aliphatic heterocycles. The van der Waals surface area contributed by atoms with E-state index in [1.165, 1.54) is 11.8 Å². The van der Waals surface area contributed by atoms with Crippen LogP contribution >= 0.6 is 11.8 Å². The van der Waals surface area contributed by atoms with Crippen LogP contribution in [0.3, 0.4) is 0 Å². The average Bonchev–Trinajstić information content (AvgIpc) is 2.73. The van der Waals surface area contributed by atoms with Crippen molar-refractivity contribution in [3.8, 4) is 0 Å². The molecule has 1 heterocycles. The summed E-state index contributed by atoms with van der Waals surface area (Å²) >= 11 is 1.49. The Bertz CT molecular complexity index is 394. The summed E-state index contributed by atoms with van der Waals surface area (Å²) in [6, 6.07) is 0. The third kappa shape index (κ3) is 2.95. The van der Waals surface area contributed by atoms with Crippen molar-refractivity contribution in [3.05, 3.63) is 5.82 Å². The SMILES string of the molecule is CNCc1nnc(SCC[C@@H]2CC2(F)F)n1C. The zero-order valence-electron chi connectivity index (χ0n) is 9.91. The minimum absolute atomic E-state index is 0.0530. The van der Waals surface area contributed by atoms with Crippen LogP contribution in [0.15, 0.2) is 5.16 Å². The highest BCUT2D eigenvalue weighted by molar-refractivity contribution is 7.99. The average molecular weight is 262 g/mol. The molecule has 4 nitrogen and oxygen atoms in total. The zero-order valence-corrected chi connectivity index (χ0v) is 10.7. The summed E-state index contributed by atoms with van der Waals surface area (Å²) < 4.78 is 27.2. The summed E-state index contributed by atoms with van der Waals surface area (Å²) in [6.45, 7) is 0.657. The number of halogens is 2. The molecule has 1 saturated carbocycles. The molecule has 0 radical (unpaired) electrons.